The Morgan fingerprint density at radius 1 is 1.28 bits per heavy atom. The number of halogens is 3. The molecule has 0 heterocycles. The molecule has 1 aromatic carbocycles. The molecular formula is C14H20Br2FN. The number of hydrogen-bond donors (Lipinski definition) is 0. The molecule has 0 saturated carbocycles. The molecule has 0 aliphatic heterocycles. The number of hydrogen-bond acceptors (Lipinski definition) is 1. The van der Waals surface area contributed by atoms with E-state index in [0.29, 0.717) is 10.5 Å². The van der Waals surface area contributed by atoms with E-state index in [2.05, 4.69) is 50.6 Å². The van der Waals surface area contributed by atoms with E-state index in [4.69, 9.17) is 0 Å². The molecule has 0 aliphatic rings. The highest BCUT2D eigenvalue weighted by atomic mass is 79.9. The third kappa shape index (κ3) is 4.32. The Balaban J connectivity index is 2.85. The molecule has 0 amide bonds. The van der Waals surface area contributed by atoms with E-state index in [1.807, 2.05) is 6.07 Å². The summed E-state index contributed by atoms with van der Waals surface area (Å²) in [5.41, 5.74) is 1.02. The molecule has 1 rings (SSSR count). The van der Waals surface area contributed by atoms with E-state index in [1.165, 1.54) is 6.07 Å². The molecule has 0 aliphatic carbocycles. The highest BCUT2D eigenvalue weighted by Crippen LogP contribution is 2.23. The molecule has 4 heteroatoms. The molecule has 1 nitrogen and oxygen atoms in total. The summed E-state index contributed by atoms with van der Waals surface area (Å²) in [5, 5.41) is 0.941. The van der Waals surface area contributed by atoms with Crippen molar-refractivity contribution in [1.29, 1.82) is 0 Å². The average molecular weight is 381 g/mol. The van der Waals surface area contributed by atoms with Gasteiger partial charge in [0.15, 0.2) is 0 Å². The van der Waals surface area contributed by atoms with E-state index in [-0.39, 0.29) is 5.82 Å². The quantitative estimate of drug-likeness (QED) is 0.603. The van der Waals surface area contributed by atoms with Crippen LogP contribution < -0.4 is 0 Å². The van der Waals surface area contributed by atoms with E-state index < -0.39 is 0 Å². The smallest absolute Gasteiger partial charge is 0.137 e. The molecule has 0 saturated heterocycles. The van der Waals surface area contributed by atoms with Crippen molar-refractivity contribution in [3.63, 3.8) is 0 Å². The summed E-state index contributed by atoms with van der Waals surface area (Å²) < 4.78 is 14.1. The van der Waals surface area contributed by atoms with Crippen LogP contribution in [-0.2, 0) is 6.54 Å². The third-order valence-electron chi connectivity index (χ3n) is 3.24. The lowest BCUT2D eigenvalue weighted by Crippen LogP contribution is -2.35. The number of rotatable bonds is 7. The van der Waals surface area contributed by atoms with Gasteiger partial charge in [-0.05, 0) is 40.4 Å². The zero-order valence-corrected chi connectivity index (χ0v) is 14.1. The Morgan fingerprint density at radius 3 is 2.50 bits per heavy atom. The molecule has 0 unspecified atom stereocenters. The lowest BCUT2D eigenvalue weighted by atomic mass is 10.1. The monoisotopic (exact) mass is 379 g/mol. The first-order valence-corrected chi connectivity index (χ1v) is 8.28. The van der Waals surface area contributed by atoms with Crippen LogP contribution in [0, 0.1) is 5.82 Å². The molecular weight excluding hydrogens is 361 g/mol. The Hall–Kier alpha value is 0.0700. The van der Waals surface area contributed by atoms with Gasteiger partial charge in [-0.3, -0.25) is 4.90 Å². The number of nitrogens with zero attached hydrogens (tertiary/aromatic N) is 1. The van der Waals surface area contributed by atoms with E-state index >= 15 is 0 Å². The fourth-order valence-electron chi connectivity index (χ4n) is 2.19. The number of alkyl halides is 1. The second-order valence-electron chi connectivity index (χ2n) is 4.34. The predicted molar refractivity (Wildman–Crippen MR) is 82.7 cm³/mol. The van der Waals surface area contributed by atoms with E-state index in [9.17, 15) is 4.39 Å². The van der Waals surface area contributed by atoms with Crippen molar-refractivity contribution in [1.82, 2.24) is 4.90 Å². The van der Waals surface area contributed by atoms with Gasteiger partial charge in [0, 0.05) is 24.5 Å². The molecule has 0 N–H and O–H groups in total. The molecule has 0 aromatic heterocycles. The van der Waals surface area contributed by atoms with Gasteiger partial charge in [-0.2, -0.15) is 0 Å². The summed E-state index contributed by atoms with van der Waals surface area (Å²) >= 11 is 6.83. The fourth-order valence-corrected chi connectivity index (χ4v) is 3.04. The molecule has 0 bridgehead atoms. The highest BCUT2D eigenvalue weighted by Gasteiger charge is 2.16. The van der Waals surface area contributed by atoms with Crippen LogP contribution in [-0.4, -0.2) is 22.8 Å². The van der Waals surface area contributed by atoms with Crippen LogP contribution in [0.25, 0.3) is 0 Å². The lowest BCUT2D eigenvalue weighted by Gasteiger charge is -2.30. The van der Waals surface area contributed by atoms with Crippen molar-refractivity contribution in [3.8, 4) is 0 Å². The van der Waals surface area contributed by atoms with Gasteiger partial charge in [-0.15, -0.1) is 0 Å². The van der Waals surface area contributed by atoms with Crippen LogP contribution in [0.1, 0.15) is 32.3 Å². The number of benzene rings is 1. The second-order valence-corrected chi connectivity index (χ2v) is 5.93. The fraction of sp³-hybridized carbons (Fsp3) is 0.571. The Bertz CT molecular complexity index is 367. The minimum Gasteiger partial charge on any atom is -0.295 e. The first-order valence-electron chi connectivity index (χ1n) is 6.36. The van der Waals surface area contributed by atoms with E-state index in [1.54, 1.807) is 6.07 Å². The molecule has 102 valence electrons. The minimum atomic E-state index is -0.184. The van der Waals surface area contributed by atoms with E-state index in [0.717, 1.165) is 36.8 Å². The predicted octanol–water partition coefficient (Wildman–Crippen LogP) is 4.97. The summed E-state index contributed by atoms with van der Waals surface area (Å²) in [4.78, 5) is 2.41. The third-order valence-corrected chi connectivity index (χ3v) is 4.48. The van der Waals surface area contributed by atoms with Crippen molar-refractivity contribution < 1.29 is 4.39 Å². The van der Waals surface area contributed by atoms with Gasteiger partial charge in [-0.1, -0.05) is 41.9 Å². The van der Waals surface area contributed by atoms with Gasteiger partial charge in [-0.25, -0.2) is 4.39 Å². The van der Waals surface area contributed by atoms with Crippen LogP contribution in [0.4, 0.5) is 4.39 Å². The Labute approximate surface area is 126 Å². The highest BCUT2D eigenvalue weighted by molar-refractivity contribution is 9.10. The van der Waals surface area contributed by atoms with Gasteiger partial charge >= 0.3 is 0 Å². The Kier molecular flexibility index (Phi) is 7.42. The summed E-state index contributed by atoms with van der Waals surface area (Å²) in [6, 6.07) is 5.79. The average Bonchev–Trinajstić information content (AvgIpc) is 2.36. The first-order chi connectivity index (χ1) is 8.63. The lowest BCUT2D eigenvalue weighted by molar-refractivity contribution is 0.188. The standard InChI is InChI=1S/C14H20Br2FN/c1-3-12(4-2)18(9-8-15)10-11-6-5-7-13(17)14(11)16/h5-7,12H,3-4,8-10H2,1-2H3. The molecule has 0 atom stereocenters. The molecule has 0 spiro atoms. The molecule has 0 radical (unpaired) electrons. The molecule has 1 aromatic rings. The second kappa shape index (κ2) is 8.28. The topological polar surface area (TPSA) is 3.24 Å². The summed E-state index contributed by atoms with van der Waals surface area (Å²) in [6.07, 6.45) is 2.24. The van der Waals surface area contributed by atoms with Crippen molar-refractivity contribution in [3.05, 3.63) is 34.1 Å². The molecule has 18 heavy (non-hydrogen) atoms. The van der Waals surface area contributed by atoms with Gasteiger partial charge in [0.1, 0.15) is 5.82 Å². The normalized spacial score (nSPS) is 11.5. The van der Waals surface area contributed by atoms with Crippen LogP contribution >= 0.6 is 31.9 Å². The van der Waals surface area contributed by atoms with Gasteiger partial charge in [0.05, 0.1) is 4.47 Å². The maximum absolute atomic E-state index is 13.5. The van der Waals surface area contributed by atoms with Crippen molar-refractivity contribution in [2.24, 2.45) is 0 Å². The SMILES string of the molecule is CCC(CC)N(CCBr)Cc1cccc(F)c1Br. The Morgan fingerprint density at radius 2 is 1.94 bits per heavy atom. The van der Waals surface area contributed by atoms with Gasteiger partial charge in [0.25, 0.3) is 0 Å². The first kappa shape index (κ1) is 16.1. The summed E-state index contributed by atoms with van der Waals surface area (Å²) in [6.45, 7) is 6.18. The van der Waals surface area contributed by atoms with Crippen LogP contribution in [0.5, 0.6) is 0 Å². The summed E-state index contributed by atoms with van der Waals surface area (Å²) in [5.74, 6) is -0.184. The van der Waals surface area contributed by atoms with Crippen molar-refractivity contribution >= 4 is 31.9 Å². The van der Waals surface area contributed by atoms with Gasteiger partial charge in [0.2, 0.25) is 0 Å². The minimum absolute atomic E-state index is 0.184. The van der Waals surface area contributed by atoms with Crippen LogP contribution in [0.15, 0.2) is 22.7 Å². The molecule has 0 fully saturated rings. The summed E-state index contributed by atoms with van der Waals surface area (Å²) in [7, 11) is 0. The van der Waals surface area contributed by atoms with Crippen LogP contribution in [0.2, 0.25) is 0 Å². The van der Waals surface area contributed by atoms with Gasteiger partial charge < -0.3 is 0 Å². The largest absolute Gasteiger partial charge is 0.295 e. The van der Waals surface area contributed by atoms with Crippen molar-refractivity contribution in [2.75, 3.05) is 11.9 Å². The zero-order valence-electron chi connectivity index (χ0n) is 10.9. The zero-order chi connectivity index (χ0) is 13.5. The van der Waals surface area contributed by atoms with Crippen molar-refractivity contribution in [2.45, 2.75) is 39.3 Å². The maximum Gasteiger partial charge on any atom is 0.137 e. The van der Waals surface area contributed by atoms with Crippen LogP contribution in [0.3, 0.4) is 0 Å². The maximum atomic E-state index is 13.5.